The minimum Gasteiger partial charge on any atom is -0.495 e. The average molecular weight is 245 g/mol. The summed E-state index contributed by atoms with van der Waals surface area (Å²) in [7, 11) is 1.62. The monoisotopic (exact) mass is 245 g/mol. The number of nitrogen functional groups attached to an aromatic ring is 1. The van der Waals surface area contributed by atoms with Gasteiger partial charge in [0.25, 0.3) is 0 Å². The maximum atomic E-state index is 5.91. The fourth-order valence-corrected chi connectivity index (χ4v) is 2.03. The first-order chi connectivity index (χ1) is 8.61. The molecule has 1 aromatic carbocycles. The first kappa shape index (κ1) is 12.5. The van der Waals surface area contributed by atoms with Gasteiger partial charge in [-0.1, -0.05) is 19.9 Å². The van der Waals surface area contributed by atoms with Gasteiger partial charge in [-0.3, -0.25) is 0 Å². The van der Waals surface area contributed by atoms with Crippen LogP contribution in [0.5, 0.6) is 5.75 Å². The molecule has 4 heteroatoms. The van der Waals surface area contributed by atoms with Crippen LogP contribution in [0.1, 0.15) is 31.2 Å². The molecular weight excluding hydrogens is 226 g/mol. The van der Waals surface area contributed by atoms with Crippen LogP contribution in [0.4, 0.5) is 5.69 Å². The zero-order valence-corrected chi connectivity index (χ0v) is 11.1. The van der Waals surface area contributed by atoms with Crippen molar-refractivity contribution in [2.24, 2.45) is 0 Å². The third-order valence-corrected chi connectivity index (χ3v) is 2.91. The Hall–Kier alpha value is -1.97. The highest BCUT2D eigenvalue weighted by molar-refractivity contribution is 5.54. The number of hydrogen-bond donors (Lipinski definition) is 1. The van der Waals surface area contributed by atoms with Crippen LogP contribution >= 0.6 is 0 Å². The van der Waals surface area contributed by atoms with Crippen molar-refractivity contribution in [3.8, 4) is 5.75 Å². The highest BCUT2D eigenvalue weighted by Crippen LogP contribution is 2.23. The van der Waals surface area contributed by atoms with Gasteiger partial charge >= 0.3 is 0 Å². The minimum absolute atomic E-state index is 0.413. The molecule has 0 unspecified atom stereocenters. The first-order valence-electron chi connectivity index (χ1n) is 6.05. The average Bonchev–Trinajstić information content (AvgIpc) is 2.77. The Morgan fingerprint density at radius 2 is 2.17 bits per heavy atom. The summed E-state index contributed by atoms with van der Waals surface area (Å²) in [6.45, 7) is 5.06. The van der Waals surface area contributed by atoms with Crippen LogP contribution < -0.4 is 10.5 Å². The molecule has 0 aliphatic rings. The molecule has 2 rings (SSSR count). The lowest BCUT2D eigenvalue weighted by Gasteiger charge is -2.12. The topological polar surface area (TPSA) is 53.1 Å². The van der Waals surface area contributed by atoms with Crippen LogP contribution in [0.15, 0.2) is 30.6 Å². The van der Waals surface area contributed by atoms with E-state index in [0.717, 1.165) is 17.9 Å². The summed E-state index contributed by atoms with van der Waals surface area (Å²) in [5.41, 5.74) is 7.72. The third kappa shape index (κ3) is 2.47. The standard InChI is InChI=1S/C14H19N3O/c1-10(2)14-16-6-7-17(14)9-11-4-5-13(18-3)12(15)8-11/h4-8,10H,9,15H2,1-3H3. The molecule has 0 saturated carbocycles. The molecule has 0 saturated heterocycles. The Morgan fingerprint density at radius 3 is 2.78 bits per heavy atom. The molecule has 1 heterocycles. The number of nitrogens with zero attached hydrogens (tertiary/aromatic N) is 2. The summed E-state index contributed by atoms with van der Waals surface area (Å²) >= 11 is 0. The lowest BCUT2D eigenvalue weighted by Crippen LogP contribution is -2.06. The van der Waals surface area contributed by atoms with Crippen molar-refractivity contribution in [3.63, 3.8) is 0 Å². The van der Waals surface area contributed by atoms with E-state index in [1.165, 1.54) is 0 Å². The van der Waals surface area contributed by atoms with E-state index in [1.54, 1.807) is 7.11 Å². The van der Waals surface area contributed by atoms with E-state index >= 15 is 0 Å². The normalized spacial score (nSPS) is 10.9. The van der Waals surface area contributed by atoms with Crippen molar-refractivity contribution in [1.82, 2.24) is 9.55 Å². The summed E-state index contributed by atoms with van der Waals surface area (Å²) < 4.78 is 7.30. The van der Waals surface area contributed by atoms with Gasteiger partial charge in [-0.05, 0) is 17.7 Å². The van der Waals surface area contributed by atoms with E-state index in [1.807, 2.05) is 30.6 Å². The fourth-order valence-electron chi connectivity index (χ4n) is 2.03. The van der Waals surface area contributed by atoms with Gasteiger partial charge in [0.1, 0.15) is 11.6 Å². The van der Waals surface area contributed by atoms with Crippen molar-refractivity contribution in [2.45, 2.75) is 26.3 Å². The molecule has 0 aliphatic carbocycles. The Kier molecular flexibility index (Phi) is 3.55. The minimum atomic E-state index is 0.413. The molecule has 0 radical (unpaired) electrons. The van der Waals surface area contributed by atoms with Crippen molar-refractivity contribution >= 4 is 5.69 Å². The number of aromatic nitrogens is 2. The Labute approximate surface area is 107 Å². The van der Waals surface area contributed by atoms with E-state index in [-0.39, 0.29) is 0 Å². The first-order valence-corrected chi connectivity index (χ1v) is 6.05. The van der Waals surface area contributed by atoms with Gasteiger partial charge in [-0.2, -0.15) is 0 Å². The summed E-state index contributed by atoms with van der Waals surface area (Å²) in [5.74, 6) is 2.22. The van der Waals surface area contributed by atoms with E-state index in [9.17, 15) is 0 Å². The molecule has 4 nitrogen and oxygen atoms in total. The molecule has 2 N–H and O–H groups in total. The Balaban J connectivity index is 2.23. The highest BCUT2D eigenvalue weighted by Gasteiger charge is 2.08. The Morgan fingerprint density at radius 1 is 1.39 bits per heavy atom. The fraction of sp³-hybridized carbons (Fsp3) is 0.357. The van der Waals surface area contributed by atoms with E-state index in [0.29, 0.717) is 17.4 Å². The quantitative estimate of drug-likeness (QED) is 0.842. The molecule has 0 fully saturated rings. The zero-order chi connectivity index (χ0) is 13.1. The van der Waals surface area contributed by atoms with Crippen molar-refractivity contribution in [3.05, 3.63) is 42.0 Å². The van der Waals surface area contributed by atoms with Gasteiger partial charge in [-0.15, -0.1) is 0 Å². The van der Waals surface area contributed by atoms with Crippen molar-refractivity contribution < 1.29 is 4.74 Å². The summed E-state index contributed by atoms with van der Waals surface area (Å²) in [5, 5.41) is 0. The van der Waals surface area contributed by atoms with Gasteiger partial charge in [0, 0.05) is 24.9 Å². The number of benzene rings is 1. The second kappa shape index (κ2) is 5.12. The number of hydrogen-bond acceptors (Lipinski definition) is 3. The lowest BCUT2D eigenvalue weighted by atomic mass is 10.1. The number of methoxy groups -OCH3 is 1. The van der Waals surface area contributed by atoms with Crippen LogP contribution in [0.3, 0.4) is 0 Å². The molecule has 0 amide bonds. The van der Waals surface area contributed by atoms with Crippen LogP contribution in [0, 0.1) is 0 Å². The molecule has 18 heavy (non-hydrogen) atoms. The third-order valence-electron chi connectivity index (χ3n) is 2.91. The molecule has 0 atom stereocenters. The maximum Gasteiger partial charge on any atom is 0.141 e. The van der Waals surface area contributed by atoms with Crippen LogP contribution in [-0.4, -0.2) is 16.7 Å². The number of rotatable bonds is 4. The number of anilines is 1. The van der Waals surface area contributed by atoms with Gasteiger partial charge in [0.05, 0.1) is 12.8 Å². The maximum absolute atomic E-state index is 5.91. The van der Waals surface area contributed by atoms with Crippen molar-refractivity contribution in [1.29, 1.82) is 0 Å². The predicted molar refractivity (Wildman–Crippen MR) is 72.8 cm³/mol. The smallest absolute Gasteiger partial charge is 0.141 e. The van der Waals surface area contributed by atoms with Gasteiger partial charge in [0.15, 0.2) is 0 Å². The second-order valence-corrected chi connectivity index (χ2v) is 4.64. The summed E-state index contributed by atoms with van der Waals surface area (Å²) in [6, 6.07) is 5.87. The molecule has 0 spiro atoms. The largest absolute Gasteiger partial charge is 0.495 e. The molecule has 2 aromatic rings. The number of nitrogens with two attached hydrogens (primary N) is 1. The van der Waals surface area contributed by atoms with Crippen LogP contribution in [-0.2, 0) is 6.54 Å². The van der Waals surface area contributed by atoms with E-state index in [4.69, 9.17) is 10.5 Å². The number of imidazole rings is 1. The molecule has 1 aromatic heterocycles. The molecule has 96 valence electrons. The van der Waals surface area contributed by atoms with E-state index < -0.39 is 0 Å². The molecular formula is C14H19N3O. The van der Waals surface area contributed by atoms with E-state index in [2.05, 4.69) is 23.4 Å². The molecule has 0 aliphatic heterocycles. The van der Waals surface area contributed by atoms with Crippen molar-refractivity contribution in [2.75, 3.05) is 12.8 Å². The predicted octanol–water partition coefficient (Wildman–Crippen LogP) is 2.65. The van der Waals surface area contributed by atoms with Gasteiger partial charge in [-0.25, -0.2) is 4.98 Å². The molecule has 0 bridgehead atoms. The zero-order valence-electron chi connectivity index (χ0n) is 11.1. The second-order valence-electron chi connectivity index (χ2n) is 4.64. The summed E-state index contributed by atoms with van der Waals surface area (Å²) in [6.07, 6.45) is 3.83. The number of ether oxygens (including phenoxy) is 1. The van der Waals surface area contributed by atoms with Gasteiger partial charge in [0.2, 0.25) is 0 Å². The van der Waals surface area contributed by atoms with Gasteiger partial charge < -0.3 is 15.0 Å². The SMILES string of the molecule is COc1ccc(Cn2ccnc2C(C)C)cc1N. The van der Waals surface area contributed by atoms with Crippen LogP contribution in [0.25, 0.3) is 0 Å². The Bertz CT molecular complexity index is 532. The lowest BCUT2D eigenvalue weighted by molar-refractivity contribution is 0.417. The highest BCUT2D eigenvalue weighted by atomic mass is 16.5. The van der Waals surface area contributed by atoms with Crippen LogP contribution in [0.2, 0.25) is 0 Å². The summed E-state index contributed by atoms with van der Waals surface area (Å²) in [4.78, 5) is 4.38.